The van der Waals surface area contributed by atoms with E-state index in [-0.39, 0.29) is 6.54 Å². The third kappa shape index (κ3) is 2.02. The molecule has 0 atom stereocenters. The topological polar surface area (TPSA) is 40.5 Å². The minimum Gasteiger partial charge on any atom is -0.480 e. The Morgan fingerprint density at radius 2 is 2.25 bits per heavy atom. The van der Waals surface area contributed by atoms with E-state index in [2.05, 4.69) is 26.0 Å². The summed E-state index contributed by atoms with van der Waals surface area (Å²) in [7, 11) is 0. The summed E-state index contributed by atoms with van der Waals surface area (Å²) < 4.78 is 0. The van der Waals surface area contributed by atoms with Gasteiger partial charge in [0, 0.05) is 17.2 Å². The van der Waals surface area contributed by atoms with Gasteiger partial charge in [0.05, 0.1) is 5.69 Å². The summed E-state index contributed by atoms with van der Waals surface area (Å²) in [6, 6.07) is 4.20. The second-order valence-electron chi connectivity index (χ2n) is 4.02. The highest BCUT2D eigenvalue weighted by atomic mass is 32.2. The maximum Gasteiger partial charge on any atom is 0.323 e. The Hall–Kier alpha value is -1.16. The molecule has 86 valence electrons. The first-order valence-corrected chi connectivity index (χ1v) is 6.28. The van der Waals surface area contributed by atoms with Crippen LogP contribution >= 0.6 is 11.8 Å². The average Bonchev–Trinajstić information content (AvgIpc) is 2.23. The molecule has 0 fully saturated rings. The van der Waals surface area contributed by atoms with Crippen molar-refractivity contribution in [3.63, 3.8) is 0 Å². The van der Waals surface area contributed by atoms with Gasteiger partial charge in [0.1, 0.15) is 6.54 Å². The number of carboxylic acid groups (broad SMARTS) is 1. The molecule has 1 heterocycles. The summed E-state index contributed by atoms with van der Waals surface area (Å²) in [6.45, 7) is 5.04. The van der Waals surface area contributed by atoms with E-state index in [1.54, 1.807) is 0 Å². The van der Waals surface area contributed by atoms with Crippen molar-refractivity contribution >= 4 is 23.4 Å². The Balaban J connectivity index is 2.43. The number of anilines is 1. The predicted molar refractivity (Wildman–Crippen MR) is 66.5 cm³/mol. The molecule has 0 radical (unpaired) electrons. The van der Waals surface area contributed by atoms with E-state index in [0.717, 1.165) is 18.0 Å². The highest BCUT2D eigenvalue weighted by molar-refractivity contribution is 7.99. The van der Waals surface area contributed by atoms with E-state index in [1.165, 1.54) is 16.0 Å². The lowest BCUT2D eigenvalue weighted by Gasteiger charge is -2.31. The molecule has 0 aromatic heterocycles. The summed E-state index contributed by atoms with van der Waals surface area (Å²) in [4.78, 5) is 14.0. The third-order valence-electron chi connectivity index (χ3n) is 2.93. The van der Waals surface area contributed by atoms with Crippen LogP contribution in [-0.2, 0) is 4.79 Å². The molecular formula is C12H15NO2S. The standard InChI is InChI=1S/C12H15NO2S/c1-8-3-4-10-12(9(8)2)13(5-6-16-10)7-11(14)15/h3-4H,5-7H2,1-2H3,(H,14,15). The molecule has 0 saturated heterocycles. The average molecular weight is 237 g/mol. The minimum atomic E-state index is -0.765. The van der Waals surface area contributed by atoms with Crippen molar-refractivity contribution in [2.24, 2.45) is 0 Å². The molecule has 0 bridgehead atoms. The molecule has 0 amide bonds. The number of aryl methyl sites for hydroxylation is 1. The van der Waals surface area contributed by atoms with Crippen LogP contribution in [0.25, 0.3) is 0 Å². The van der Waals surface area contributed by atoms with Crippen LogP contribution in [0.3, 0.4) is 0 Å². The Labute approximate surface area is 99.5 Å². The van der Waals surface area contributed by atoms with Crippen LogP contribution in [0.4, 0.5) is 5.69 Å². The van der Waals surface area contributed by atoms with Crippen molar-refractivity contribution in [1.29, 1.82) is 0 Å². The van der Waals surface area contributed by atoms with Crippen LogP contribution < -0.4 is 4.90 Å². The van der Waals surface area contributed by atoms with Crippen molar-refractivity contribution in [3.8, 4) is 0 Å². The first kappa shape index (κ1) is 11.3. The van der Waals surface area contributed by atoms with Gasteiger partial charge in [0.2, 0.25) is 0 Å². The van der Waals surface area contributed by atoms with Gasteiger partial charge in [-0.1, -0.05) is 6.07 Å². The van der Waals surface area contributed by atoms with Crippen LogP contribution in [0.2, 0.25) is 0 Å². The fraction of sp³-hybridized carbons (Fsp3) is 0.417. The fourth-order valence-corrected chi connectivity index (χ4v) is 3.10. The van der Waals surface area contributed by atoms with Gasteiger partial charge < -0.3 is 10.0 Å². The van der Waals surface area contributed by atoms with Crippen molar-refractivity contribution in [2.45, 2.75) is 18.7 Å². The van der Waals surface area contributed by atoms with Crippen molar-refractivity contribution < 1.29 is 9.90 Å². The molecule has 0 spiro atoms. The van der Waals surface area contributed by atoms with Gasteiger partial charge >= 0.3 is 5.97 Å². The molecule has 1 aromatic rings. The van der Waals surface area contributed by atoms with E-state index in [1.807, 2.05) is 16.7 Å². The number of aliphatic carboxylic acids is 1. The summed E-state index contributed by atoms with van der Waals surface area (Å²) in [6.07, 6.45) is 0. The molecule has 4 heteroatoms. The Kier molecular flexibility index (Phi) is 3.10. The SMILES string of the molecule is Cc1ccc2c(c1C)N(CC(=O)O)CCS2. The molecule has 1 aliphatic rings. The molecule has 0 aliphatic carbocycles. The predicted octanol–water partition coefficient (Wildman–Crippen LogP) is 2.30. The molecular weight excluding hydrogens is 222 g/mol. The summed E-state index contributed by atoms with van der Waals surface area (Å²) >= 11 is 1.81. The molecule has 2 rings (SSSR count). The van der Waals surface area contributed by atoms with E-state index in [0.29, 0.717) is 0 Å². The number of hydrogen-bond acceptors (Lipinski definition) is 3. The second kappa shape index (κ2) is 4.37. The highest BCUT2D eigenvalue weighted by Gasteiger charge is 2.21. The Bertz CT molecular complexity index is 431. The lowest BCUT2D eigenvalue weighted by atomic mass is 10.1. The van der Waals surface area contributed by atoms with Crippen LogP contribution in [0, 0.1) is 13.8 Å². The Morgan fingerprint density at radius 3 is 2.94 bits per heavy atom. The fourth-order valence-electron chi connectivity index (χ4n) is 1.98. The quantitative estimate of drug-likeness (QED) is 0.857. The smallest absolute Gasteiger partial charge is 0.323 e. The summed E-state index contributed by atoms with van der Waals surface area (Å²) in [5, 5.41) is 8.90. The molecule has 0 unspecified atom stereocenters. The van der Waals surface area contributed by atoms with Crippen LogP contribution in [0.1, 0.15) is 11.1 Å². The normalized spacial score (nSPS) is 14.8. The monoisotopic (exact) mass is 237 g/mol. The molecule has 1 N–H and O–H groups in total. The van der Waals surface area contributed by atoms with Gasteiger partial charge in [0.25, 0.3) is 0 Å². The number of carbonyl (C=O) groups is 1. The number of nitrogens with zero attached hydrogens (tertiary/aromatic N) is 1. The number of hydrogen-bond donors (Lipinski definition) is 1. The van der Waals surface area contributed by atoms with Crippen LogP contribution in [0.15, 0.2) is 17.0 Å². The molecule has 16 heavy (non-hydrogen) atoms. The lowest BCUT2D eigenvalue weighted by Crippen LogP contribution is -2.34. The van der Waals surface area contributed by atoms with E-state index >= 15 is 0 Å². The minimum absolute atomic E-state index is 0.0951. The van der Waals surface area contributed by atoms with E-state index < -0.39 is 5.97 Å². The van der Waals surface area contributed by atoms with Gasteiger partial charge in [-0.2, -0.15) is 0 Å². The van der Waals surface area contributed by atoms with Crippen LogP contribution in [-0.4, -0.2) is 29.9 Å². The molecule has 1 aliphatic heterocycles. The van der Waals surface area contributed by atoms with Gasteiger partial charge in [-0.15, -0.1) is 11.8 Å². The second-order valence-corrected chi connectivity index (χ2v) is 5.15. The lowest BCUT2D eigenvalue weighted by molar-refractivity contribution is -0.135. The maximum absolute atomic E-state index is 10.8. The first-order chi connectivity index (χ1) is 7.59. The summed E-state index contributed by atoms with van der Waals surface area (Å²) in [5.41, 5.74) is 3.53. The number of thioether (sulfide) groups is 1. The maximum atomic E-state index is 10.8. The molecule has 3 nitrogen and oxygen atoms in total. The van der Waals surface area contributed by atoms with Gasteiger partial charge in [-0.25, -0.2) is 0 Å². The zero-order chi connectivity index (χ0) is 11.7. The van der Waals surface area contributed by atoms with Gasteiger partial charge in [0.15, 0.2) is 0 Å². The number of benzene rings is 1. The third-order valence-corrected chi connectivity index (χ3v) is 3.95. The van der Waals surface area contributed by atoms with Crippen LogP contribution in [0.5, 0.6) is 0 Å². The highest BCUT2D eigenvalue weighted by Crippen LogP contribution is 2.38. The van der Waals surface area contributed by atoms with Crippen molar-refractivity contribution in [3.05, 3.63) is 23.3 Å². The largest absolute Gasteiger partial charge is 0.480 e. The number of fused-ring (bicyclic) bond motifs is 1. The zero-order valence-corrected chi connectivity index (χ0v) is 10.3. The van der Waals surface area contributed by atoms with Gasteiger partial charge in [-0.3, -0.25) is 4.79 Å². The van der Waals surface area contributed by atoms with Crippen molar-refractivity contribution in [2.75, 3.05) is 23.7 Å². The number of rotatable bonds is 2. The Morgan fingerprint density at radius 1 is 1.50 bits per heavy atom. The van der Waals surface area contributed by atoms with E-state index in [9.17, 15) is 4.79 Å². The molecule has 0 saturated carbocycles. The first-order valence-electron chi connectivity index (χ1n) is 5.29. The van der Waals surface area contributed by atoms with Gasteiger partial charge in [-0.05, 0) is 31.0 Å². The van der Waals surface area contributed by atoms with Crippen molar-refractivity contribution in [1.82, 2.24) is 0 Å². The number of carboxylic acids is 1. The van der Waals surface area contributed by atoms with E-state index in [4.69, 9.17) is 5.11 Å². The summed E-state index contributed by atoms with van der Waals surface area (Å²) in [5.74, 6) is 0.196. The molecule has 1 aromatic carbocycles. The zero-order valence-electron chi connectivity index (χ0n) is 9.49.